The van der Waals surface area contributed by atoms with Gasteiger partial charge in [0.1, 0.15) is 5.82 Å². The predicted molar refractivity (Wildman–Crippen MR) is 77.3 cm³/mol. The Morgan fingerprint density at radius 3 is 2.52 bits per heavy atom. The average Bonchev–Trinajstić information content (AvgIpc) is 2.45. The highest BCUT2D eigenvalue weighted by molar-refractivity contribution is 6.35. The van der Waals surface area contributed by atoms with E-state index in [0.29, 0.717) is 10.6 Å². The maximum absolute atomic E-state index is 14.0. The number of H-pyrrole nitrogens is 1. The summed E-state index contributed by atoms with van der Waals surface area (Å²) in [6.07, 6.45) is 0. The van der Waals surface area contributed by atoms with Gasteiger partial charge in [0, 0.05) is 6.07 Å². The van der Waals surface area contributed by atoms with Gasteiger partial charge in [0.05, 0.1) is 15.9 Å². The van der Waals surface area contributed by atoms with Gasteiger partial charge in [0.2, 0.25) is 0 Å². The van der Waals surface area contributed by atoms with Gasteiger partial charge in [-0.15, -0.1) is 0 Å². The van der Waals surface area contributed by atoms with Gasteiger partial charge in [-0.1, -0.05) is 11.6 Å². The van der Waals surface area contributed by atoms with Crippen LogP contribution in [-0.4, -0.2) is 14.5 Å². The fourth-order valence-corrected chi connectivity index (χ4v) is 2.41. The van der Waals surface area contributed by atoms with Crippen molar-refractivity contribution >= 4 is 28.3 Å². The van der Waals surface area contributed by atoms with Crippen molar-refractivity contribution in [2.75, 3.05) is 5.73 Å². The van der Waals surface area contributed by atoms with Gasteiger partial charge in [-0.3, -0.25) is 9.78 Å². The lowest BCUT2D eigenvalue weighted by Crippen LogP contribution is -2.31. The van der Waals surface area contributed by atoms with Crippen LogP contribution in [0.5, 0.6) is 0 Å². The highest BCUT2D eigenvalue weighted by Gasteiger charge is 2.19. The number of pyridine rings is 1. The van der Waals surface area contributed by atoms with Crippen molar-refractivity contribution < 1.29 is 13.2 Å². The number of nitrogens with zero attached hydrogens (tertiary/aromatic N) is 2. The SMILES string of the molecule is Nc1nc(-n2c(=O)[nH]c(=O)c3cc(F)cc(Cl)c32)c(F)cc1F. The summed E-state index contributed by atoms with van der Waals surface area (Å²) in [4.78, 5) is 29.2. The molecule has 6 nitrogen and oxygen atoms in total. The van der Waals surface area contributed by atoms with Crippen LogP contribution < -0.4 is 17.0 Å². The molecule has 3 rings (SSSR count). The van der Waals surface area contributed by atoms with Gasteiger partial charge in [0.15, 0.2) is 23.3 Å². The van der Waals surface area contributed by atoms with Crippen LogP contribution >= 0.6 is 11.6 Å². The first-order valence-corrected chi connectivity index (χ1v) is 6.43. The van der Waals surface area contributed by atoms with E-state index in [2.05, 4.69) is 4.98 Å². The Balaban J connectivity index is 2.55. The molecule has 23 heavy (non-hydrogen) atoms. The third-order valence-electron chi connectivity index (χ3n) is 3.07. The highest BCUT2D eigenvalue weighted by Crippen LogP contribution is 2.25. The normalized spacial score (nSPS) is 11.1. The topological polar surface area (TPSA) is 93.8 Å². The maximum atomic E-state index is 14.0. The monoisotopic (exact) mass is 342 g/mol. The van der Waals surface area contributed by atoms with E-state index in [0.717, 1.165) is 12.1 Å². The minimum absolute atomic E-state index is 0.278. The molecule has 2 heterocycles. The highest BCUT2D eigenvalue weighted by atomic mass is 35.5. The number of hydrogen-bond acceptors (Lipinski definition) is 4. The lowest BCUT2D eigenvalue weighted by Gasteiger charge is -2.11. The summed E-state index contributed by atoms with van der Waals surface area (Å²) >= 11 is 5.88. The molecule has 3 N–H and O–H groups in total. The van der Waals surface area contributed by atoms with E-state index in [1.54, 1.807) is 0 Å². The standard InChI is InChI=1S/C13H6ClF3N4O2/c14-6-2-4(15)1-5-9(6)21(13(23)20-12(5)22)11-8(17)3-7(16)10(18)19-11/h1-3H,(H2,18,19)(H,20,22,23). The molecule has 1 aromatic carbocycles. The van der Waals surface area contributed by atoms with Crippen molar-refractivity contribution in [1.29, 1.82) is 0 Å². The summed E-state index contributed by atoms with van der Waals surface area (Å²) < 4.78 is 41.3. The zero-order chi connectivity index (χ0) is 16.9. The van der Waals surface area contributed by atoms with E-state index in [1.165, 1.54) is 0 Å². The van der Waals surface area contributed by atoms with E-state index in [4.69, 9.17) is 17.3 Å². The number of halogens is 4. The lowest BCUT2D eigenvalue weighted by molar-refractivity contribution is 0.568. The summed E-state index contributed by atoms with van der Waals surface area (Å²) in [5.74, 6) is -4.50. The second kappa shape index (κ2) is 5.13. The van der Waals surface area contributed by atoms with Crippen LogP contribution in [0, 0.1) is 17.5 Å². The molecule has 0 unspecified atom stereocenters. The first-order valence-electron chi connectivity index (χ1n) is 6.05. The molecule has 0 saturated carbocycles. The minimum atomic E-state index is -1.22. The van der Waals surface area contributed by atoms with Gasteiger partial charge in [0.25, 0.3) is 5.56 Å². The molecule has 0 amide bonds. The Kier molecular flexibility index (Phi) is 3.37. The number of aromatic nitrogens is 3. The van der Waals surface area contributed by atoms with Crippen molar-refractivity contribution in [1.82, 2.24) is 14.5 Å². The number of hydrogen-bond donors (Lipinski definition) is 2. The Labute approximate surface area is 130 Å². The zero-order valence-corrected chi connectivity index (χ0v) is 11.8. The predicted octanol–water partition coefficient (Wildman–Crippen LogP) is 1.73. The molecule has 0 saturated heterocycles. The number of benzene rings is 1. The first kappa shape index (κ1) is 15.1. The van der Waals surface area contributed by atoms with Crippen molar-refractivity contribution in [3.63, 3.8) is 0 Å². The fourth-order valence-electron chi connectivity index (χ4n) is 2.12. The van der Waals surface area contributed by atoms with Gasteiger partial charge in [-0.2, -0.15) is 0 Å². The van der Waals surface area contributed by atoms with Crippen LogP contribution in [0.2, 0.25) is 5.02 Å². The average molecular weight is 343 g/mol. The van der Waals surface area contributed by atoms with Crippen molar-refractivity contribution in [3.8, 4) is 5.82 Å². The number of nitrogen functional groups attached to an aromatic ring is 1. The van der Waals surface area contributed by atoms with E-state index >= 15 is 0 Å². The third-order valence-corrected chi connectivity index (χ3v) is 3.36. The quantitative estimate of drug-likeness (QED) is 0.704. The number of fused-ring (bicyclic) bond motifs is 1. The summed E-state index contributed by atoms with van der Waals surface area (Å²) in [5, 5.41) is -0.633. The molecule has 0 fully saturated rings. The Bertz CT molecular complexity index is 1080. The summed E-state index contributed by atoms with van der Waals surface area (Å²) in [5.41, 5.74) is 2.99. The van der Waals surface area contributed by atoms with Crippen LogP contribution in [0.4, 0.5) is 19.0 Å². The van der Waals surface area contributed by atoms with Crippen LogP contribution in [0.3, 0.4) is 0 Å². The lowest BCUT2D eigenvalue weighted by atomic mass is 10.2. The van der Waals surface area contributed by atoms with E-state index < -0.39 is 40.3 Å². The largest absolute Gasteiger partial charge is 0.381 e. The number of rotatable bonds is 1. The molecule has 2 aromatic heterocycles. The number of aromatic amines is 1. The van der Waals surface area contributed by atoms with E-state index in [9.17, 15) is 22.8 Å². The number of anilines is 1. The van der Waals surface area contributed by atoms with Crippen molar-refractivity contribution in [2.45, 2.75) is 0 Å². The summed E-state index contributed by atoms with van der Waals surface area (Å²) in [6.45, 7) is 0. The van der Waals surface area contributed by atoms with Crippen LogP contribution in [0.1, 0.15) is 0 Å². The van der Waals surface area contributed by atoms with Crippen LogP contribution in [-0.2, 0) is 0 Å². The van der Waals surface area contributed by atoms with Crippen LogP contribution in [0.25, 0.3) is 16.7 Å². The second-order valence-electron chi connectivity index (χ2n) is 4.54. The van der Waals surface area contributed by atoms with Gasteiger partial charge in [-0.25, -0.2) is 27.5 Å². The molecule has 10 heteroatoms. The molecule has 3 aromatic rings. The molecule has 0 radical (unpaired) electrons. The van der Waals surface area contributed by atoms with Crippen LogP contribution in [0.15, 0.2) is 27.8 Å². The summed E-state index contributed by atoms with van der Waals surface area (Å²) in [7, 11) is 0. The Hall–Kier alpha value is -2.81. The minimum Gasteiger partial charge on any atom is -0.381 e. The van der Waals surface area contributed by atoms with Gasteiger partial charge < -0.3 is 5.73 Å². The van der Waals surface area contributed by atoms with E-state index in [-0.39, 0.29) is 15.9 Å². The molecule has 0 aliphatic heterocycles. The molecule has 118 valence electrons. The third kappa shape index (κ3) is 2.34. The molecule has 0 aliphatic rings. The maximum Gasteiger partial charge on any atom is 0.334 e. The molecule has 0 spiro atoms. The van der Waals surface area contributed by atoms with Gasteiger partial charge >= 0.3 is 5.69 Å². The zero-order valence-electron chi connectivity index (χ0n) is 11.0. The number of nitrogens with two attached hydrogens (primary N) is 1. The van der Waals surface area contributed by atoms with Gasteiger partial charge in [-0.05, 0) is 12.1 Å². The van der Waals surface area contributed by atoms with Crippen molar-refractivity contribution in [2.24, 2.45) is 0 Å². The molecule has 0 aliphatic carbocycles. The van der Waals surface area contributed by atoms with Crippen molar-refractivity contribution in [3.05, 3.63) is 61.5 Å². The Morgan fingerprint density at radius 1 is 1.13 bits per heavy atom. The summed E-state index contributed by atoms with van der Waals surface area (Å²) in [6, 6.07) is 2.09. The van der Waals surface area contributed by atoms with E-state index in [1.807, 2.05) is 4.98 Å². The Morgan fingerprint density at radius 2 is 1.83 bits per heavy atom. The number of nitrogens with one attached hydrogen (secondary N) is 1. The molecule has 0 atom stereocenters. The smallest absolute Gasteiger partial charge is 0.334 e. The molecular weight excluding hydrogens is 337 g/mol. The molecular formula is C13H6ClF3N4O2. The second-order valence-corrected chi connectivity index (χ2v) is 4.95. The fraction of sp³-hybridized carbons (Fsp3) is 0. The molecule has 0 bridgehead atoms. The first-order chi connectivity index (χ1) is 10.8.